The van der Waals surface area contributed by atoms with Crippen LogP contribution in [0, 0.1) is 0 Å². The molecule has 5 rings (SSSR count). The highest BCUT2D eigenvalue weighted by Crippen LogP contribution is 2.51. The molecule has 2 N–H and O–H groups in total. The Balaban J connectivity index is 1.74. The number of ether oxygens (including phenoxy) is 3. The predicted molar refractivity (Wildman–Crippen MR) is 126 cm³/mol. The van der Waals surface area contributed by atoms with Gasteiger partial charge in [0.25, 0.3) is 5.56 Å². The summed E-state index contributed by atoms with van der Waals surface area (Å²) in [6.45, 7) is 4.86. The Bertz CT molecular complexity index is 1370. The Kier molecular flexibility index (Phi) is 5.36. The summed E-state index contributed by atoms with van der Waals surface area (Å²) in [5, 5.41) is 11.4. The topological polar surface area (TPSA) is 106 Å². The smallest absolute Gasteiger partial charge is 0.335 e. The second kappa shape index (κ2) is 8.25. The van der Waals surface area contributed by atoms with Crippen LogP contribution in [0.1, 0.15) is 48.1 Å². The van der Waals surface area contributed by atoms with E-state index in [4.69, 9.17) is 14.2 Å². The number of aromatic nitrogens is 2. The lowest BCUT2D eigenvalue weighted by atomic mass is 9.87. The molecule has 0 aliphatic carbocycles. The molecule has 2 aromatic carbocycles. The Morgan fingerprint density at radius 1 is 1.15 bits per heavy atom. The number of aromatic hydroxyl groups is 1. The number of nitrogens with zero attached hydrogens (tertiary/aromatic N) is 2. The largest absolute Gasteiger partial charge is 0.494 e. The zero-order valence-electron chi connectivity index (χ0n) is 19.5. The van der Waals surface area contributed by atoms with E-state index < -0.39 is 23.2 Å². The number of likely N-dealkylation sites (N-methyl/N-ethyl adjacent to an activating group) is 1. The first-order chi connectivity index (χ1) is 16.3. The molecule has 3 heterocycles. The zero-order chi connectivity index (χ0) is 24.1. The maximum atomic E-state index is 13.1. The van der Waals surface area contributed by atoms with Crippen molar-refractivity contribution < 1.29 is 19.3 Å². The van der Waals surface area contributed by atoms with E-state index >= 15 is 0 Å². The lowest BCUT2D eigenvalue weighted by molar-refractivity contribution is 0.170. The Morgan fingerprint density at radius 3 is 2.56 bits per heavy atom. The highest BCUT2D eigenvalue weighted by molar-refractivity contribution is 5.63. The van der Waals surface area contributed by atoms with Crippen LogP contribution in [0.15, 0.2) is 39.9 Å². The first kappa shape index (κ1) is 22.1. The number of aromatic amines is 1. The number of methoxy groups -OCH3 is 1. The van der Waals surface area contributed by atoms with E-state index in [-0.39, 0.29) is 12.4 Å². The second-order valence-electron chi connectivity index (χ2n) is 8.93. The average molecular weight is 466 g/mol. The van der Waals surface area contributed by atoms with Gasteiger partial charge in [-0.2, -0.15) is 0 Å². The number of hydrogen-bond acceptors (Lipinski definition) is 7. The minimum Gasteiger partial charge on any atom is -0.494 e. The van der Waals surface area contributed by atoms with Gasteiger partial charge in [0, 0.05) is 12.1 Å². The normalized spacial score (nSPS) is 17.1. The van der Waals surface area contributed by atoms with Crippen molar-refractivity contribution in [2.24, 2.45) is 0 Å². The highest BCUT2D eigenvalue weighted by Gasteiger charge is 2.38. The van der Waals surface area contributed by atoms with Gasteiger partial charge < -0.3 is 19.3 Å². The van der Waals surface area contributed by atoms with E-state index in [1.165, 1.54) is 7.11 Å². The van der Waals surface area contributed by atoms with Crippen molar-refractivity contribution >= 4 is 0 Å². The van der Waals surface area contributed by atoms with Gasteiger partial charge in [0.15, 0.2) is 11.5 Å². The Hall–Kier alpha value is -3.72. The van der Waals surface area contributed by atoms with Crippen LogP contribution in [-0.2, 0) is 6.42 Å². The molecule has 34 heavy (non-hydrogen) atoms. The maximum Gasteiger partial charge on any atom is 0.335 e. The summed E-state index contributed by atoms with van der Waals surface area (Å²) in [7, 11) is 3.40. The molecule has 0 amide bonds. The number of hydrogen-bond donors (Lipinski definition) is 2. The van der Waals surface area contributed by atoms with Crippen LogP contribution in [0.3, 0.4) is 0 Å². The number of fused-ring (bicyclic) bond motifs is 2. The average Bonchev–Trinajstić information content (AvgIpc) is 3.27. The molecule has 0 saturated carbocycles. The van der Waals surface area contributed by atoms with E-state index in [2.05, 4.69) is 18.8 Å². The van der Waals surface area contributed by atoms with Gasteiger partial charge in [0.1, 0.15) is 0 Å². The minimum atomic E-state index is -0.708. The van der Waals surface area contributed by atoms with Crippen molar-refractivity contribution in [1.82, 2.24) is 14.5 Å². The molecule has 1 atom stereocenters. The molecule has 2 aliphatic heterocycles. The molecule has 0 fully saturated rings. The molecule has 0 unspecified atom stereocenters. The molecule has 178 valence electrons. The first-order valence-corrected chi connectivity index (χ1v) is 11.2. The van der Waals surface area contributed by atoms with Crippen LogP contribution in [0.4, 0.5) is 0 Å². The summed E-state index contributed by atoms with van der Waals surface area (Å²) in [6.07, 6.45) is 0.699. The lowest BCUT2D eigenvalue weighted by Crippen LogP contribution is -2.39. The quantitative estimate of drug-likeness (QED) is 0.610. The molecular weight excluding hydrogens is 438 g/mol. The summed E-state index contributed by atoms with van der Waals surface area (Å²) < 4.78 is 18.0. The lowest BCUT2D eigenvalue weighted by Gasteiger charge is -2.35. The summed E-state index contributed by atoms with van der Waals surface area (Å²) in [4.78, 5) is 30.3. The number of H-pyrrole nitrogens is 1. The third-order valence-corrected chi connectivity index (χ3v) is 6.61. The fourth-order valence-corrected chi connectivity index (χ4v) is 4.83. The van der Waals surface area contributed by atoms with Gasteiger partial charge in [-0.25, -0.2) is 9.36 Å². The molecule has 0 spiro atoms. The van der Waals surface area contributed by atoms with Crippen LogP contribution in [0.2, 0.25) is 0 Å². The summed E-state index contributed by atoms with van der Waals surface area (Å²) in [5.41, 5.74) is 1.90. The molecule has 2 aliphatic rings. The van der Waals surface area contributed by atoms with E-state index in [1.807, 2.05) is 30.1 Å². The van der Waals surface area contributed by atoms with Crippen LogP contribution < -0.4 is 25.5 Å². The Morgan fingerprint density at radius 2 is 1.88 bits per heavy atom. The van der Waals surface area contributed by atoms with Crippen molar-refractivity contribution in [2.45, 2.75) is 32.2 Å². The van der Waals surface area contributed by atoms with Gasteiger partial charge in [0.05, 0.1) is 24.4 Å². The summed E-state index contributed by atoms with van der Waals surface area (Å²) in [6, 6.07) is 8.56. The van der Waals surface area contributed by atoms with Gasteiger partial charge >= 0.3 is 5.69 Å². The van der Waals surface area contributed by atoms with Gasteiger partial charge in [-0.3, -0.25) is 14.7 Å². The minimum absolute atomic E-state index is 0.0631. The second-order valence-corrected chi connectivity index (χ2v) is 8.93. The molecule has 0 saturated heterocycles. The van der Waals surface area contributed by atoms with Crippen molar-refractivity contribution in [3.63, 3.8) is 0 Å². The number of nitrogens with one attached hydrogen (secondary N) is 1. The third kappa shape index (κ3) is 3.35. The Labute approximate surface area is 196 Å². The van der Waals surface area contributed by atoms with Crippen LogP contribution in [0.25, 0.3) is 5.69 Å². The van der Waals surface area contributed by atoms with E-state index in [0.717, 1.165) is 15.7 Å². The summed E-state index contributed by atoms with van der Waals surface area (Å²) >= 11 is 0. The van der Waals surface area contributed by atoms with Crippen LogP contribution in [-0.4, -0.2) is 47.1 Å². The number of rotatable bonds is 4. The molecule has 0 radical (unpaired) electrons. The molecule has 9 nitrogen and oxygen atoms in total. The van der Waals surface area contributed by atoms with Crippen LogP contribution in [0.5, 0.6) is 23.1 Å². The zero-order valence-corrected chi connectivity index (χ0v) is 19.5. The van der Waals surface area contributed by atoms with Crippen molar-refractivity contribution in [2.75, 3.05) is 27.5 Å². The van der Waals surface area contributed by atoms with E-state index in [0.29, 0.717) is 47.4 Å². The first-order valence-electron chi connectivity index (χ1n) is 11.2. The highest BCUT2D eigenvalue weighted by atomic mass is 16.7. The molecule has 9 heteroatoms. The fraction of sp³-hybridized carbons (Fsp3) is 0.360. The van der Waals surface area contributed by atoms with Gasteiger partial charge in [-0.15, -0.1) is 0 Å². The standard InChI is InChI=1S/C25H27N3O6/c1-13(2)14-5-7-16(8-6-14)28-24(30)19(23(29)26-25(28)31)20-18-15(9-10-27(20)3)11-17-21(22(18)32-4)34-12-33-17/h5-8,11,13,20,30H,9-10,12H2,1-4H3,(H,26,29,31)/t20-/m0/s1. The van der Waals surface area contributed by atoms with Crippen molar-refractivity contribution in [1.29, 1.82) is 0 Å². The van der Waals surface area contributed by atoms with Gasteiger partial charge in [-0.05, 0) is 48.7 Å². The van der Waals surface area contributed by atoms with E-state index in [1.54, 1.807) is 12.1 Å². The molecular formula is C25H27N3O6. The molecule has 3 aromatic rings. The predicted octanol–water partition coefficient (Wildman–Crippen LogP) is 2.67. The number of benzene rings is 2. The molecule has 1 aromatic heterocycles. The van der Waals surface area contributed by atoms with Crippen molar-refractivity contribution in [3.8, 4) is 28.8 Å². The van der Waals surface area contributed by atoms with Gasteiger partial charge in [-0.1, -0.05) is 26.0 Å². The SMILES string of the molecule is COc1c2c(cc3c1[C@@H](c1c(O)n(-c4ccc(C(C)C)cc4)c(=O)[nH]c1=O)N(C)CC3)OCO2. The monoisotopic (exact) mass is 465 g/mol. The fourth-order valence-electron chi connectivity index (χ4n) is 4.83. The summed E-state index contributed by atoms with van der Waals surface area (Å²) in [5.74, 6) is 1.43. The maximum absolute atomic E-state index is 13.1. The third-order valence-electron chi connectivity index (χ3n) is 6.61. The van der Waals surface area contributed by atoms with E-state index in [9.17, 15) is 14.7 Å². The van der Waals surface area contributed by atoms with Crippen LogP contribution >= 0.6 is 0 Å². The van der Waals surface area contributed by atoms with Gasteiger partial charge in [0.2, 0.25) is 18.4 Å². The van der Waals surface area contributed by atoms with Crippen molar-refractivity contribution in [3.05, 3.63) is 73.4 Å². The molecule has 0 bridgehead atoms.